The second-order valence-electron chi connectivity index (χ2n) is 2.20. The number of aliphatic hydroxyl groups excluding tert-OH is 1. The van der Waals surface area contributed by atoms with Gasteiger partial charge in [-0.15, -0.1) is 5.10 Å². The molecule has 0 aliphatic rings. The molecular formula is C6H11N3O. The highest BCUT2D eigenvalue weighted by atomic mass is 16.3. The van der Waals surface area contributed by atoms with E-state index in [1.54, 1.807) is 4.68 Å². The Morgan fingerprint density at radius 2 is 2.50 bits per heavy atom. The van der Waals surface area contributed by atoms with Gasteiger partial charge in [-0.25, -0.2) is 0 Å². The zero-order valence-corrected chi connectivity index (χ0v) is 5.99. The summed E-state index contributed by atoms with van der Waals surface area (Å²) in [6.07, 6.45) is 2.60. The standard InChI is InChI=1S/C6H11N3O/c1-6-5-9(8-7-6)3-2-4-10/h5,10H,2-4H2,1H3. The largest absolute Gasteiger partial charge is 0.396 e. The maximum atomic E-state index is 8.47. The molecule has 0 atom stereocenters. The van der Waals surface area contributed by atoms with Crippen LogP contribution in [0.25, 0.3) is 0 Å². The number of hydrogen-bond acceptors (Lipinski definition) is 3. The summed E-state index contributed by atoms with van der Waals surface area (Å²) in [5, 5.41) is 16.1. The van der Waals surface area contributed by atoms with Crippen LogP contribution < -0.4 is 0 Å². The molecule has 0 aliphatic heterocycles. The molecule has 0 aromatic carbocycles. The molecule has 0 radical (unpaired) electrons. The predicted molar refractivity (Wildman–Crippen MR) is 36.5 cm³/mol. The molecule has 1 heterocycles. The first-order valence-electron chi connectivity index (χ1n) is 3.30. The fraction of sp³-hybridized carbons (Fsp3) is 0.667. The second-order valence-corrected chi connectivity index (χ2v) is 2.20. The Kier molecular flexibility index (Phi) is 2.39. The molecule has 1 aromatic rings. The molecule has 0 amide bonds. The zero-order valence-electron chi connectivity index (χ0n) is 5.99. The highest BCUT2D eigenvalue weighted by Gasteiger charge is 1.92. The summed E-state index contributed by atoms with van der Waals surface area (Å²) >= 11 is 0. The predicted octanol–water partition coefficient (Wildman–Crippen LogP) is -0.0311. The molecule has 0 saturated heterocycles. The van der Waals surface area contributed by atoms with E-state index in [0.717, 1.165) is 18.7 Å². The topological polar surface area (TPSA) is 50.9 Å². The van der Waals surface area contributed by atoms with Gasteiger partial charge in [0.05, 0.1) is 5.69 Å². The van der Waals surface area contributed by atoms with Crippen molar-refractivity contribution in [2.45, 2.75) is 19.9 Å². The summed E-state index contributed by atoms with van der Waals surface area (Å²) in [5.41, 5.74) is 0.915. The van der Waals surface area contributed by atoms with Gasteiger partial charge in [-0.3, -0.25) is 4.68 Å². The first kappa shape index (κ1) is 7.21. The second kappa shape index (κ2) is 3.31. The minimum Gasteiger partial charge on any atom is -0.396 e. The smallest absolute Gasteiger partial charge is 0.0796 e. The van der Waals surface area contributed by atoms with Crippen LogP contribution in [0.15, 0.2) is 6.20 Å². The first-order valence-corrected chi connectivity index (χ1v) is 3.30. The van der Waals surface area contributed by atoms with Gasteiger partial charge in [-0.2, -0.15) is 0 Å². The van der Waals surface area contributed by atoms with Gasteiger partial charge < -0.3 is 5.11 Å². The monoisotopic (exact) mass is 141 g/mol. The van der Waals surface area contributed by atoms with Crippen LogP contribution in [-0.2, 0) is 6.54 Å². The third kappa shape index (κ3) is 1.80. The molecule has 10 heavy (non-hydrogen) atoms. The summed E-state index contributed by atoms with van der Waals surface area (Å²) in [7, 11) is 0. The van der Waals surface area contributed by atoms with Crippen molar-refractivity contribution in [3.63, 3.8) is 0 Å². The summed E-state index contributed by atoms with van der Waals surface area (Å²) in [6.45, 7) is 2.85. The molecule has 0 aliphatic carbocycles. The lowest BCUT2D eigenvalue weighted by Crippen LogP contribution is -2.00. The van der Waals surface area contributed by atoms with E-state index in [4.69, 9.17) is 5.11 Å². The van der Waals surface area contributed by atoms with E-state index in [1.165, 1.54) is 0 Å². The summed E-state index contributed by atoms with van der Waals surface area (Å²) in [5.74, 6) is 0. The Hall–Kier alpha value is -0.900. The molecule has 4 heteroatoms. The molecule has 0 saturated carbocycles. The number of nitrogens with zero attached hydrogens (tertiary/aromatic N) is 3. The number of aliphatic hydroxyl groups is 1. The van der Waals surface area contributed by atoms with Gasteiger partial charge in [0, 0.05) is 19.3 Å². The summed E-state index contributed by atoms with van der Waals surface area (Å²) < 4.78 is 1.73. The maximum Gasteiger partial charge on any atom is 0.0796 e. The Morgan fingerprint density at radius 3 is 3.00 bits per heavy atom. The molecule has 4 nitrogen and oxygen atoms in total. The lowest BCUT2D eigenvalue weighted by atomic mass is 10.4. The Bertz CT molecular complexity index is 197. The molecule has 0 spiro atoms. The van der Waals surface area contributed by atoms with Crippen LogP contribution in [0.4, 0.5) is 0 Å². The van der Waals surface area contributed by atoms with E-state index in [-0.39, 0.29) is 6.61 Å². The average Bonchev–Trinajstić information content (AvgIpc) is 2.31. The molecule has 1 aromatic heterocycles. The highest BCUT2D eigenvalue weighted by Crippen LogP contribution is 1.90. The first-order chi connectivity index (χ1) is 4.83. The summed E-state index contributed by atoms with van der Waals surface area (Å²) in [6, 6.07) is 0. The molecule has 1 rings (SSSR count). The SMILES string of the molecule is Cc1cn(CCCO)nn1. The van der Waals surface area contributed by atoms with Gasteiger partial charge in [0.1, 0.15) is 0 Å². The molecule has 0 bridgehead atoms. The van der Waals surface area contributed by atoms with Gasteiger partial charge in [0.2, 0.25) is 0 Å². The van der Waals surface area contributed by atoms with Crippen LogP contribution in [0.3, 0.4) is 0 Å². The third-order valence-corrected chi connectivity index (χ3v) is 1.20. The molecule has 0 fully saturated rings. The highest BCUT2D eigenvalue weighted by molar-refractivity contribution is 4.86. The van der Waals surface area contributed by atoms with Crippen LogP contribution in [0.5, 0.6) is 0 Å². The Balaban J connectivity index is 2.42. The van der Waals surface area contributed by atoms with Gasteiger partial charge in [-0.05, 0) is 13.3 Å². The number of aromatic nitrogens is 3. The average molecular weight is 141 g/mol. The minimum atomic E-state index is 0.207. The van der Waals surface area contributed by atoms with E-state index in [9.17, 15) is 0 Å². The molecular weight excluding hydrogens is 130 g/mol. The number of rotatable bonds is 3. The maximum absolute atomic E-state index is 8.47. The molecule has 0 unspecified atom stereocenters. The van der Waals surface area contributed by atoms with E-state index in [0.29, 0.717) is 0 Å². The van der Waals surface area contributed by atoms with Crippen LogP contribution in [-0.4, -0.2) is 26.7 Å². The van der Waals surface area contributed by atoms with Gasteiger partial charge in [0.15, 0.2) is 0 Å². The fourth-order valence-electron chi connectivity index (χ4n) is 0.737. The normalized spacial score (nSPS) is 10.2. The molecule has 56 valence electrons. The van der Waals surface area contributed by atoms with Crippen LogP contribution in [0.2, 0.25) is 0 Å². The lowest BCUT2D eigenvalue weighted by molar-refractivity contribution is 0.276. The van der Waals surface area contributed by atoms with E-state index in [1.807, 2.05) is 13.1 Å². The van der Waals surface area contributed by atoms with Crippen molar-refractivity contribution in [1.29, 1.82) is 0 Å². The van der Waals surface area contributed by atoms with Gasteiger partial charge in [0.25, 0.3) is 0 Å². The van der Waals surface area contributed by atoms with Gasteiger partial charge in [-0.1, -0.05) is 5.21 Å². The number of hydrogen-bond donors (Lipinski definition) is 1. The van der Waals surface area contributed by atoms with Crippen molar-refractivity contribution in [2.75, 3.05) is 6.61 Å². The van der Waals surface area contributed by atoms with Crippen LogP contribution in [0, 0.1) is 6.92 Å². The molecule has 1 N–H and O–H groups in total. The van der Waals surface area contributed by atoms with Crippen LogP contribution >= 0.6 is 0 Å². The van der Waals surface area contributed by atoms with E-state index in [2.05, 4.69) is 10.3 Å². The Morgan fingerprint density at radius 1 is 1.70 bits per heavy atom. The zero-order chi connectivity index (χ0) is 7.40. The Labute approximate surface area is 59.5 Å². The van der Waals surface area contributed by atoms with Crippen molar-refractivity contribution in [3.05, 3.63) is 11.9 Å². The van der Waals surface area contributed by atoms with Crippen molar-refractivity contribution in [2.24, 2.45) is 0 Å². The third-order valence-electron chi connectivity index (χ3n) is 1.20. The van der Waals surface area contributed by atoms with Crippen molar-refractivity contribution < 1.29 is 5.11 Å². The van der Waals surface area contributed by atoms with E-state index < -0.39 is 0 Å². The van der Waals surface area contributed by atoms with Crippen molar-refractivity contribution in [3.8, 4) is 0 Å². The van der Waals surface area contributed by atoms with Crippen molar-refractivity contribution >= 4 is 0 Å². The quantitative estimate of drug-likeness (QED) is 0.643. The number of aryl methyl sites for hydroxylation is 2. The lowest BCUT2D eigenvalue weighted by Gasteiger charge is -1.94. The van der Waals surface area contributed by atoms with Gasteiger partial charge >= 0.3 is 0 Å². The van der Waals surface area contributed by atoms with E-state index >= 15 is 0 Å². The fourth-order valence-corrected chi connectivity index (χ4v) is 0.737. The minimum absolute atomic E-state index is 0.207. The summed E-state index contributed by atoms with van der Waals surface area (Å²) in [4.78, 5) is 0. The van der Waals surface area contributed by atoms with Crippen LogP contribution in [0.1, 0.15) is 12.1 Å². The van der Waals surface area contributed by atoms with Crippen molar-refractivity contribution in [1.82, 2.24) is 15.0 Å².